The average molecular weight is 402 g/mol. The van der Waals surface area contributed by atoms with Crippen LogP contribution in [0.4, 0.5) is 5.82 Å². The third kappa shape index (κ3) is 4.71. The summed E-state index contributed by atoms with van der Waals surface area (Å²) < 4.78 is 16.7. The summed E-state index contributed by atoms with van der Waals surface area (Å²) in [5, 5.41) is 15.9. The summed E-state index contributed by atoms with van der Waals surface area (Å²) >= 11 is 0. The summed E-state index contributed by atoms with van der Waals surface area (Å²) in [6.07, 6.45) is 4.84. The van der Waals surface area contributed by atoms with Crippen molar-refractivity contribution in [2.24, 2.45) is 0 Å². The highest BCUT2D eigenvalue weighted by Crippen LogP contribution is 2.26. The van der Waals surface area contributed by atoms with E-state index in [1.165, 1.54) is 5.70 Å². The van der Waals surface area contributed by atoms with Crippen LogP contribution in [0.15, 0.2) is 23.5 Å². The fourth-order valence-corrected chi connectivity index (χ4v) is 3.74. The number of hydrogen-bond acceptors (Lipinski definition) is 7. The van der Waals surface area contributed by atoms with E-state index in [0.717, 1.165) is 55.9 Å². The van der Waals surface area contributed by atoms with Gasteiger partial charge in [-0.05, 0) is 19.8 Å². The maximum atomic E-state index is 8.85. The molecule has 29 heavy (non-hydrogen) atoms. The van der Waals surface area contributed by atoms with Crippen molar-refractivity contribution in [2.45, 2.75) is 38.3 Å². The zero-order valence-electron chi connectivity index (χ0n) is 17.3. The maximum absolute atomic E-state index is 8.85. The Morgan fingerprint density at radius 2 is 2.10 bits per heavy atom. The summed E-state index contributed by atoms with van der Waals surface area (Å²) in [5.41, 5.74) is 3.16. The van der Waals surface area contributed by atoms with Crippen molar-refractivity contribution in [3.05, 3.63) is 29.1 Å². The Morgan fingerprint density at radius 1 is 1.31 bits per heavy atom. The molecule has 8 nitrogen and oxygen atoms in total. The zero-order chi connectivity index (χ0) is 20.2. The number of likely N-dealkylation sites (N-methyl/N-ethyl adjacent to an activating group) is 1. The van der Waals surface area contributed by atoms with Gasteiger partial charge in [0.15, 0.2) is 0 Å². The molecule has 0 atom stereocenters. The molecule has 1 aromatic heterocycles. The summed E-state index contributed by atoms with van der Waals surface area (Å²) in [7, 11) is 1.89. The van der Waals surface area contributed by atoms with Crippen LogP contribution in [0.25, 0.3) is 0 Å². The molecule has 4 heterocycles. The lowest BCUT2D eigenvalue weighted by atomic mass is 10.0. The predicted octanol–water partition coefficient (Wildman–Crippen LogP) is 1.60. The maximum Gasteiger partial charge on any atom is 0.145 e. The third-order valence-electron chi connectivity index (χ3n) is 5.72. The lowest BCUT2D eigenvalue weighted by molar-refractivity contribution is -0.0799. The van der Waals surface area contributed by atoms with Crippen molar-refractivity contribution in [1.82, 2.24) is 15.6 Å². The molecule has 0 amide bonds. The van der Waals surface area contributed by atoms with Gasteiger partial charge in [-0.25, -0.2) is 4.98 Å². The van der Waals surface area contributed by atoms with Gasteiger partial charge in [-0.2, -0.15) is 0 Å². The van der Waals surface area contributed by atoms with E-state index in [9.17, 15) is 0 Å². The molecule has 0 spiro atoms. The van der Waals surface area contributed by atoms with Crippen molar-refractivity contribution < 1.29 is 14.2 Å². The van der Waals surface area contributed by atoms with Gasteiger partial charge in [0.1, 0.15) is 23.5 Å². The number of pyridine rings is 1. The molecule has 0 unspecified atom stereocenters. The molecule has 8 heteroatoms. The second kappa shape index (κ2) is 9.11. The van der Waals surface area contributed by atoms with Gasteiger partial charge in [0, 0.05) is 74.9 Å². The average Bonchev–Trinajstić information content (AvgIpc) is 2.72. The number of hydrogen-bond donors (Lipinski definition) is 3. The first-order valence-electron chi connectivity index (χ1n) is 10.4. The van der Waals surface area contributed by atoms with Crippen LogP contribution in [0, 0.1) is 12.3 Å². The molecule has 3 aliphatic rings. The third-order valence-corrected chi connectivity index (χ3v) is 5.72. The quantitative estimate of drug-likeness (QED) is 0.493. The molecule has 2 saturated heterocycles. The molecule has 1 aromatic rings. The predicted molar refractivity (Wildman–Crippen MR) is 112 cm³/mol. The highest BCUT2D eigenvalue weighted by atomic mass is 16.6. The second-order valence-corrected chi connectivity index (χ2v) is 7.91. The molecule has 0 radical (unpaired) electrons. The Balaban J connectivity index is 1.51. The van der Waals surface area contributed by atoms with E-state index in [-0.39, 0.29) is 6.10 Å². The molecular weight excluding hydrogens is 370 g/mol. The molecule has 158 valence electrons. The molecule has 2 fully saturated rings. The fraction of sp³-hybridized carbons (Fsp3) is 0.619. The van der Waals surface area contributed by atoms with Crippen LogP contribution in [0.2, 0.25) is 0 Å². The number of nitrogens with zero attached hydrogens (tertiary/aromatic N) is 2. The molecule has 0 saturated carbocycles. The molecular formula is C21H31N5O3. The SMILES string of the molecule is Cc1cnc(N(C)C(=N)C2=C(NC3CCOCC3)CCNC2)cc1OC1COC1. The van der Waals surface area contributed by atoms with E-state index in [1.807, 2.05) is 31.1 Å². The number of nitrogens with one attached hydrogen (secondary N) is 3. The van der Waals surface area contributed by atoms with E-state index in [0.29, 0.717) is 37.5 Å². The van der Waals surface area contributed by atoms with Crippen LogP contribution in [-0.4, -0.2) is 69.5 Å². The van der Waals surface area contributed by atoms with Crippen molar-refractivity contribution in [1.29, 1.82) is 5.41 Å². The summed E-state index contributed by atoms with van der Waals surface area (Å²) in [6.45, 7) is 6.46. The van der Waals surface area contributed by atoms with E-state index in [1.54, 1.807) is 0 Å². The highest BCUT2D eigenvalue weighted by Gasteiger charge is 2.25. The van der Waals surface area contributed by atoms with Gasteiger partial charge in [-0.1, -0.05) is 0 Å². The summed E-state index contributed by atoms with van der Waals surface area (Å²) in [5.74, 6) is 1.97. The van der Waals surface area contributed by atoms with Crippen LogP contribution in [0.5, 0.6) is 5.75 Å². The first kappa shape index (κ1) is 20.1. The van der Waals surface area contributed by atoms with Crippen molar-refractivity contribution in [2.75, 3.05) is 51.5 Å². The standard InChI is InChI=1S/C21H31N5O3/c1-14-10-24-20(9-19(14)29-16-12-28-13-16)26(2)21(22)17-11-23-6-3-18(17)25-15-4-7-27-8-5-15/h9-10,15-16,22-23,25H,3-8,11-13H2,1-2H3. The number of amidine groups is 1. The van der Waals surface area contributed by atoms with Crippen molar-refractivity contribution in [3.63, 3.8) is 0 Å². The number of anilines is 1. The largest absolute Gasteiger partial charge is 0.485 e. The van der Waals surface area contributed by atoms with Gasteiger partial charge in [0.25, 0.3) is 0 Å². The Morgan fingerprint density at radius 3 is 2.83 bits per heavy atom. The molecule has 3 aliphatic heterocycles. The van der Waals surface area contributed by atoms with E-state index >= 15 is 0 Å². The minimum atomic E-state index is 0.106. The minimum absolute atomic E-state index is 0.106. The van der Waals surface area contributed by atoms with Gasteiger partial charge in [-0.15, -0.1) is 0 Å². The number of aromatic nitrogens is 1. The van der Waals surface area contributed by atoms with E-state index < -0.39 is 0 Å². The molecule has 4 rings (SSSR count). The van der Waals surface area contributed by atoms with Gasteiger partial charge in [0.05, 0.1) is 13.2 Å². The fourth-order valence-electron chi connectivity index (χ4n) is 3.74. The van der Waals surface area contributed by atoms with Gasteiger partial charge < -0.3 is 29.7 Å². The smallest absolute Gasteiger partial charge is 0.145 e. The van der Waals surface area contributed by atoms with Crippen molar-refractivity contribution >= 4 is 11.7 Å². The Kier molecular flexibility index (Phi) is 6.32. The van der Waals surface area contributed by atoms with Crippen LogP contribution in [-0.2, 0) is 9.47 Å². The normalized spacial score (nSPS) is 20.9. The van der Waals surface area contributed by atoms with Crippen LogP contribution in [0.3, 0.4) is 0 Å². The lowest BCUT2D eigenvalue weighted by Gasteiger charge is -2.32. The van der Waals surface area contributed by atoms with Gasteiger partial charge in [-0.3, -0.25) is 5.41 Å². The summed E-state index contributed by atoms with van der Waals surface area (Å²) in [4.78, 5) is 6.37. The summed E-state index contributed by atoms with van der Waals surface area (Å²) in [6, 6.07) is 2.34. The van der Waals surface area contributed by atoms with Crippen molar-refractivity contribution in [3.8, 4) is 5.75 Å². The van der Waals surface area contributed by atoms with E-state index in [4.69, 9.17) is 19.6 Å². The Labute approximate surface area is 172 Å². The van der Waals surface area contributed by atoms with Crippen LogP contribution in [0.1, 0.15) is 24.8 Å². The minimum Gasteiger partial charge on any atom is -0.485 e. The monoisotopic (exact) mass is 401 g/mol. The molecule has 3 N–H and O–H groups in total. The Bertz CT molecular complexity index is 772. The molecule has 0 aromatic carbocycles. The molecule has 0 aliphatic carbocycles. The lowest BCUT2D eigenvalue weighted by Crippen LogP contribution is -2.42. The Hall–Kier alpha value is -2.16. The second-order valence-electron chi connectivity index (χ2n) is 7.91. The zero-order valence-corrected chi connectivity index (χ0v) is 17.3. The topological polar surface area (TPSA) is 91.7 Å². The highest BCUT2D eigenvalue weighted by molar-refractivity contribution is 6.07. The number of ether oxygens (including phenoxy) is 3. The first-order valence-corrected chi connectivity index (χ1v) is 10.4. The first-order chi connectivity index (χ1) is 14.1. The molecule has 0 bridgehead atoms. The van der Waals surface area contributed by atoms with Crippen LogP contribution >= 0.6 is 0 Å². The van der Waals surface area contributed by atoms with Gasteiger partial charge >= 0.3 is 0 Å². The van der Waals surface area contributed by atoms with E-state index in [2.05, 4.69) is 15.6 Å². The number of aryl methyl sites for hydroxylation is 1. The van der Waals surface area contributed by atoms with Gasteiger partial charge in [0.2, 0.25) is 0 Å². The van der Waals surface area contributed by atoms with Crippen LogP contribution < -0.4 is 20.3 Å². The number of rotatable bonds is 6.